The normalized spacial score (nSPS) is 16.6. The van der Waals surface area contributed by atoms with Crippen molar-refractivity contribution in [2.45, 2.75) is 13.0 Å². The molecule has 1 N–H and O–H groups in total. The van der Waals surface area contributed by atoms with Crippen LogP contribution in [0.25, 0.3) is 0 Å². The van der Waals surface area contributed by atoms with E-state index in [0.29, 0.717) is 26.3 Å². The third-order valence-corrected chi connectivity index (χ3v) is 4.45. The highest BCUT2D eigenvalue weighted by Gasteiger charge is 2.31. The van der Waals surface area contributed by atoms with E-state index in [2.05, 4.69) is 0 Å². The van der Waals surface area contributed by atoms with Crippen LogP contribution in [0.1, 0.15) is 22.3 Å². The van der Waals surface area contributed by atoms with Gasteiger partial charge in [0.05, 0.1) is 18.1 Å². The number of carbonyl (C=O) groups excluding carboxylic acids is 1. The summed E-state index contributed by atoms with van der Waals surface area (Å²) in [4.78, 5) is 24.7. The fraction of sp³-hybridized carbons (Fsp3) is 0.316. The molecule has 1 aliphatic rings. The quantitative estimate of drug-likeness (QED) is 0.634. The maximum absolute atomic E-state index is 12.6. The Bertz CT molecular complexity index is 794. The number of aromatic hydroxyl groups is 1. The summed E-state index contributed by atoms with van der Waals surface area (Å²) >= 11 is 0. The molecule has 7 heteroatoms. The van der Waals surface area contributed by atoms with Gasteiger partial charge in [-0.3, -0.25) is 14.9 Å². The Morgan fingerprint density at radius 2 is 2.04 bits per heavy atom. The molecule has 1 fully saturated rings. The SMILES string of the molecule is O=C(c1cc(O)ccc1[N+](=O)[O-])N1CC[C@H](COCc2ccccc2)C1. The minimum absolute atomic E-state index is 0.0825. The van der Waals surface area contributed by atoms with Crippen molar-refractivity contribution in [3.63, 3.8) is 0 Å². The number of likely N-dealkylation sites (tertiary alicyclic amines) is 1. The number of phenols is 1. The number of nitrogens with zero attached hydrogens (tertiary/aromatic N) is 2. The van der Waals surface area contributed by atoms with Crippen LogP contribution in [0.15, 0.2) is 48.5 Å². The van der Waals surface area contributed by atoms with Crippen molar-refractivity contribution >= 4 is 11.6 Å². The Morgan fingerprint density at radius 1 is 1.27 bits per heavy atom. The third kappa shape index (κ3) is 4.18. The van der Waals surface area contributed by atoms with Crippen molar-refractivity contribution in [2.75, 3.05) is 19.7 Å². The van der Waals surface area contributed by atoms with Crippen LogP contribution in [0.3, 0.4) is 0 Å². The summed E-state index contributed by atoms with van der Waals surface area (Å²) in [5, 5.41) is 20.7. The van der Waals surface area contributed by atoms with Crippen molar-refractivity contribution < 1.29 is 19.6 Å². The molecule has 1 amide bonds. The monoisotopic (exact) mass is 356 g/mol. The first-order valence-corrected chi connectivity index (χ1v) is 8.43. The number of benzene rings is 2. The summed E-state index contributed by atoms with van der Waals surface area (Å²) in [6.07, 6.45) is 0.785. The molecule has 1 heterocycles. The minimum atomic E-state index is -0.608. The molecule has 136 valence electrons. The van der Waals surface area contributed by atoms with Crippen molar-refractivity contribution in [2.24, 2.45) is 5.92 Å². The number of hydrogen-bond acceptors (Lipinski definition) is 5. The minimum Gasteiger partial charge on any atom is -0.508 e. The molecule has 0 unspecified atom stereocenters. The molecule has 0 radical (unpaired) electrons. The molecule has 26 heavy (non-hydrogen) atoms. The Hall–Kier alpha value is -2.93. The largest absolute Gasteiger partial charge is 0.508 e. The number of nitro groups is 1. The van der Waals surface area contributed by atoms with E-state index in [4.69, 9.17) is 4.74 Å². The molecule has 2 aromatic carbocycles. The fourth-order valence-electron chi connectivity index (χ4n) is 3.10. The van der Waals surface area contributed by atoms with Crippen molar-refractivity contribution in [3.8, 4) is 5.75 Å². The summed E-state index contributed by atoms with van der Waals surface area (Å²) in [5.74, 6) is -0.405. The van der Waals surface area contributed by atoms with Crippen molar-refractivity contribution in [3.05, 3.63) is 69.8 Å². The van der Waals surface area contributed by atoms with Gasteiger partial charge in [0, 0.05) is 25.1 Å². The summed E-state index contributed by atoms with van der Waals surface area (Å²) in [6.45, 7) is 2.05. The molecule has 0 aromatic heterocycles. The van der Waals surface area contributed by atoms with E-state index in [1.165, 1.54) is 6.07 Å². The van der Waals surface area contributed by atoms with Crippen LogP contribution < -0.4 is 0 Å². The lowest BCUT2D eigenvalue weighted by Crippen LogP contribution is -2.29. The third-order valence-electron chi connectivity index (χ3n) is 4.45. The zero-order valence-electron chi connectivity index (χ0n) is 14.2. The molecule has 1 saturated heterocycles. The number of phenolic OH excluding ortho intramolecular Hbond substituents is 1. The van der Waals surface area contributed by atoms with Gasteiger partial charge in [-0.15, -0.1) is 0 Å². The van der Waals surface area contributed by atoms with Crippen LogP contribution in [0, 0.1) is 16.0 Å². The molecule has 2 aromatic rings. The van der Waals surface area contributed by atoms with E-state index in [9.17, 15) is 20.0 Å². The summed E-state index contributed by atoms with van der Waals surface area (Å²) in [6, 6.07) is 13.4. The van der Waals surface area contributed by atoms with E-state index in [-0.39, 0.29) is 22.9 Å². The van der Waals surface area contributed by atoms with Gasteiger partial charge in [0.15, 0.2) is 0 Å². The van der Waals surface area contributed by atoms with E-state index >= 15 is 0 Å². The smallest absolute Gasteiger partial charge is 0.282 e. The molecule has 3 rings (SSSR count). The molecular weight excluding hydrogens is 336 g/mol. The lowest BCUT2D eigenvalue weighted by atomic mass is 10.1. The second-order valence-electron chi connectivity index (χ2n) is 6.37. The maximum atomic E-state index is 12.6. The summed E-state index contributed by atoms with van der Waals surface area (Å²) in [7, 11) is 0. The number of ether oxygens (including phenoxy) is 1. The lowest BCUT2D eigenvalue weighted by molar-refractivity contribution is -0.385. The number of rotatable bonds is 6. The van der Waals surface area contributed by atoms with Gasteiger partial charge in [-0.25, -0.2) is 0 Å². The van der Waals surface area contributed by atoms with Crippen LogP contribution in [0.4, 0.5) is 5.69 Å². The molecule has 7 nitrogen and oxygen atoms in total. The fourth-order valence-corrected chi connectivity index (χ4v) is 3.10. The Balaban J connectivity index is 1.57. The van der Waals surface area contributed by atoms with Gasteiger partial charge in [-0.05, 0) is 24.1 Å². The lowest BCUT2D eigenvalue weighted by Gasteiger charge is -2.17. The van der Waals surface area contributed by atoms with Gasteiger partial charge in [0.25, 0.3) is 11.6 Å². The van der Waals surface area contributed by atoms with Gasteiger partial charge in [-0.1, -0.05) is 30.3 Å². The first-order valence-electron chi connectivity index (χ1n) is 8.43. The van der Waals surface area contributed by atoms with Crippen LogP contribution >= 0.6 is 0 Å². The highest BCUT2D eigenvalue weighted by atomic mass is 16.6. The highest BCUT2D eigenvalue weighted by molar-refractivity contribution is 5.98. The predicted molar refractivity (Wildman–Crippen MR) is 94.9 cm³/mol. The van der Waals surface area contributed by atoms with Crippen molar-refractivity contribution in [1.29, 1.82) is 0 Å². The molecule has 1 atom stereocenters. The Kier molecular flexibility index (Phi) is 5.48. The van der Waals surface area contributed by atoms with Crippen LogP contribution in [0.5, 0.6) is 5.75 Å². The second-order valence-corrected chi connectivity index (χ2v) is 6.37. The van der Waals surface area contributed by atoms with Gasteiger partial charge in [0.1, 0.15) is 11.3 Å². The summed E-state index contributed by atoms with van der Waals surface area (Å²) in [5.41, 5.74) is 0.714. The molecular formula is C19H20N2O5. The molecule has 0 spiro atoms. The first kappa shape index (κ1) is 17.9. The Labute approximate surface area is 151 Å². The number of hydrogen-bond donors (Lipinski definition) is 1. The molecule has 0 bridgehead atoms. The zero-order valence-corrected chi connectivity index (χ0v) is 14.2. The van der Waals surface area contributed by atoms with E-state index in [0.717, 1.165) is 24.1 Å². The summed E-state index contributed by atoms with van der Waals surface area (Å²) < 4.78 is 5.73. The van der Waals surface area contributed by atoms with Gasteiger partial charge in [-0.2, -0.15) is 0 Å². The van der Waals surface area contributed by atoms with Crippen LogP contribution in [-0.4, -0.2) is 40.5 Å². The van der Waals surface area contributed by atoms with Crippen LogP contribution in [-0.2, 0) is 11.3 Å². The standard InChI is InChI=1S/C19H20N2O5/c22-16-6-7-18(21(24)25)17(10-16)19(23)20-9-8-15(11-20)13-26-12-14-4-2-1-3-5-14/h1-7,10,15,22H,8-9,11-13H2/t15-/m0/s1. The molecule has 0 aliphatic carbocycles. The van der Waals surface area contributed by atoms with E-state index in [1.54, 1.807) is 4.90 Å². The van der Waals surface area contributed by atoms with Crippen molar-refractivity contribution in [1.82, 2.24) is 4.90 Å². The zero-order chi connectivity index (χ0) is 18.5. The number of amides is 1. The number of carbonyl (C=O) groups is 1. The molecule has 1 aliphatic heterocycles. The van der Waals surface area contributed by atoms with Crippen LogP contribution in [0.2, 0.25) is 0 Å². The van der Waals surface area contributed by atoms with Gasteiger partial charge < -0.3 is 14.7 Å². The second kappa shape index (κ2) is 7.97. The first-order chi connectivity index (χ1) is 12.5. The average molecular weight is 356 g/mol. The predicted octanol–water partition coefficient (Wildman–Crippen LogP) is 2.98. The maximum Gasteiger partial charge on any atom is 0.282 e. The van der Waals surface area contributed by atoms with E-state index in [1.807, 2.05) is 30.3 Å². The average Bonchev–Trinajstić information content (AvgIpc) is 3.10. The van der Waals surface area contributed by atoms with Gasteiger partial charge in [0.2, 0.25) is 0 Å². The molecule has 0 saturated carbocycles. The van der Waals surface area contributed by atoms with Gasteiger partial charge >= 0.3 is 0 Å². The Morgan fingerprint density at radius 3 is 2.77 bits per heavy atom. The topological polar surface area (TPSA) is 92.9 Å². The van der Waals surface area contributed by atoms with E-state index < -0.39 is 10.8 Å². The highest BCUT2D eigenvalue weighted by Crippen LogP contribution is 2.27. The number of nitro benzene ring substituents is 1.